The zero-order chi connectivity index (χ0) is 13.1. The minimum absolute atomic E-state index is 0.547. The average molecular weight is 243 g/mol. The van der Waals surface area contributed by atoms with E-state index >= 15 is 0 Å². The lowest BCUT2D eigenvalue weighted by Crippen LogP contribution is -2.36. The maximum Gasteiger partial charge on any atom is 0.310 e. The lowest BCUT2D eigenvalue weighted by Gasteiger charge is -2.26. The molecule has 4 nitrogen and oxygen atoms in total. The molecule has 1 heterocycles. The Labute approximate surface area is 104 Å². The summed E-state index contributed by atoms with van der Waals surface area (Å²) in [6, 6.07) is 0. The van der Waals surface area contributed by atoms with Crippen molar-refractivity contribution in [3.05, 3.63) is 0 Å². The maximum atomic E-state index is 11.4. The van der Waals surface area contributed by atoms with E-state index in [1.54, 1.807) is 13.8 Å². The predicted molar refractivity (Wildman–Crippen MR) is 66.9 cm³/mol. The van der Waals surface area contributed by atoms with Gasteiger partial charge < -0.3 is 15.1 Å². The summed E-state index contributed by atoms with van der Waals surface area (Å²) in [7, 11) is 0. The van der Waals surface area contributed by atoms with Gasteiger partial charge in [0, 0.05) is 13.1 Å². The van der Waals surface area contributed by atoms with Crippen molar-refractivity contribution in [2.24, 2.45) is 5.41 Å². The molecule has 1 aliphatic heterocycles. The van der Waals surface area contributed by atoms with Gasteiger partial charge in [0.2, 0.25) is 0 Å². The van der Waals surface area contributed by atoms with E-state index in [4.69, 9.17) is 0 Å². The van der Waals surface area contributed by atoms with Crippen molar-refractivity contribution in [1.29, 1.82) is 0 Å². The van der Waals surface area contributed by atoms with Crippen molar-refractivity contribution in [1.82, 2.24) is 4.90 Å². The third kappa shape index (κ3) is 3.96. The van der Waals surface area contributed by atoms with Crippen LogP contribution in [-0.4, -0.2) is 46.3 Å². The topological polar surface area (TPSA) is 60.8 Å². The summed E-state index contributed by atoms with van der Waals surface area (Å²) in [4.78, 5) is 13.6. The molecule has 0 aromatic rings. The maximum absolute atomic E-state index is 11.4. The molecule has 0 aliphatic carbocycles. The number of rotatable bonds is 6. The van der Waals surface area contributed by atoms with Crippen LogP contribution in [0.2, 0.25) is 0 Å². The summed E-state index contributed by atoms with van der Waals surface area (Å²) >= 11 is 0. The van der Waals surface area contributed by atoms with E-state index in [1.807, 2.05) is 6.92 Å². The highest BCUT2D eigenvalue weighted by Gasteiger charge is 2.43. The number of hydrogen-bond donors (Lipinski definition) is 2. The van der Waals surface area contributed by atoms with Gasteiger partial charge in [-0.05, 0) is 39.7 Å². The molecule has 0 radical (unpaired) electrons. The van der Waals surface area contributed by atoms with E-state index in [0.29, 0.717) is 13.0 Å². The number of hydrogen-bond acceptors (Lipinski definition) is 3. The molecule has 2 N–H and O–H groups in total. The summed E-state index contributed by atoms with van der Waals surface area (Å²) in [5, 5.41) is 19.0. The summed E-state index contributed by atoms with van der Waals surface area (Å²) in [6.07, 6.45) is 3.09. The average Bonchev–Trinajstić information content (AvgIpc) is 2.59. The molecular weight excluding hydrogens is 218 g/mol. The first-order valence-electron chi connectivity index (χ1n) is 6.47. The lowest BCUT2D eigenvalue weighted by molar-refractivity contribution is -0.148. The van der Waals surface area contributed by atoms with Gasteiger partial charge in [0.25, 0.3) is 0 Å². The highest BCUT2D eigenvalue weighted by atomic mass is 16.4. The monoisotopic (exact) mass is 243 g/mol. The van der Waals surface area contributed by atoms with Crippen LogP contribution < -0.4 is 0 Å². The van der Waals surface area contributed by atoms with Crippen molar-refractivity contribution < 1.29 is 15.0 Å². The van der Waals surface area contributed by atoms with E-state index in [-0.39, 0.29) is 0 Å². The molecule has 1 atom stereocenters. The van der Waals surface area contributed by atoms with Crippen LogP contribution in [0.5, 0.6) is 0 Å². The Hall–Kier alpha value is -0.610. The Balaban J connectivity index is 2.52. The summed E-state index contributed by atoms with van der Waals surface area (Å²) in [6.45, 7) is 7.86. The van der Waals surface area contributed by atoms with E-state index < -0.39 is 17.0 Å². The van der Waals surface area contributed by atoms with Gasteiger partial charge in [-0.25, -0.2) is 0 Å². The van der Waals surface area contributed by atoms with Crippen molar-refractivity contribution in [3.63, 3.8) is 0 Å². The number of carboxylic acid groups (broad SMARTS) is 1. The SMILES string of the molecule is CCCC1(C(=O)O)CCN(CCC(C)(C)O)C1. The fourth-order valence-corrected chi connectivity index (χ4v) is 2.54. The number of aliphatic carboxylic acids is 1. The first-order valence-corrected chi connectivity index (χ1v) is 6.47. The fraction of sp³-hybridized carbons (Fsp3) is 0.923. The molecule has 1 saturated heterocycles. The minimum atomic E-state index is -0.667. The van der Waals surface area contributed by atoms with Gasteiger partial charge in [0.15, 0.2) is 0 Å². The smallest absolute Gasteiger partial charge is 0.310 e. The van der Waals surface area contributed by atoms with Crippen LogP contribution in [-0.2, 0) is 4.79 Å². The molecule has 1 aliphatic rings. The van der Waals surface area contributed by atoms with Gasteiger partial charge >= 0.3 is 5.97 Å². The van der Waals surface area contributed by atoms with Gasteiger partial charge in [-0.2, -0.15) is 0 Å². The first kappa shape index (κ1) is 14.5. The van der Waals surface area contributed by atoms with Crippen LogP contribution >= 0.6 is 0 Å². The Morgan fingerprint density at radius 1 is 1.47 bits per heavy atom. The molecule has 0 spiro atoms. The normalized spacial score (nSPS) is 26.4. The fourth-order valence-electron chi connectivity index (χ4n) is 2.54. The molecule has 1 unspecified atom stereocenters. The molecule has 1 rings (SSSR count). The quantitative estimate of drug-likeness (QED) is 0.746. The Kier molecular flexibility index (Phi) is 4.55. The van der Waals surface area contributed by atoms with Crippen LogP contribution in [0, 0.1) is 5.41 Å². The van der Waals surface area contributed by atoms with E-state index in [2.05, 4.69) is 4.90 Å². The van der Waals surface area contributed by atoms with Gasteiger partial charge in [-0.1, -0.05) is 13.3 Å². The molecule has 100 valence electrons. The lowest BCUT2D eigenvalue weighted by atomic mass is 9.83. The van der Waals surface area contributed by atoms with E-state index in [9.17, 15) is 15.0 Å². The molecule has 17 heavy (non-hydrogen) atoms. The molecule has 0 aromatic carbocycles. The Morgan fingerprint density at radius 3 is 2.59 bits per heavy atom. The second-order valence-corrected chi connectivity index (χ2v) is 5.92. The summed E-state index contributed by atoms with van der Waals surface area (Å²) in [5.74, 6) is -0.662. The standard InChI is InChI=1S/C13H25NO3/c1-4-5-13(11(15)16)7-9-14(10-13)8-6-12(2,3)17/h17H,4-10H2,1-3H3,(H,15,16). The summed E-state index contributed by atoms with van der Waals surface area (Å²) in [5.41, 5.74) is -1.21. The van der Waals surface area contributed by atoms with E-state index in [0.717, 1.165) is 32.4 Å². The van der Waals surface area contributed by atoms with Crippen LogP contribution in [0.4, 0.5) is 0 Å². The summed E-state index contributed by atoms with van der Waals surface area (Å²) < 4.78 is 0. The van der Waals surface area contributed by atoms with Crippen LogP contribution in [0.25, 0.3) is 0 Å². The highest BCUT2D eigenvalue weighted by molar-refractivity contribution is 5.75. The number of nitrogens with zero attached hydrogens (tertiary/aromatic N) is 1. The molecule has 0 aromatic heterocycles. The van der Waals surface area contributed by atoms with Gasteiger partial charge in [-0.3, -0.25) is 4.79 Å². The third-order valence-corrected chi connectivity index (χ3v) is 3.65. The first-order chi connectivity index (χ1) is 7.79. The second kappa shape index (κ2) is 5.36. The van der Waals surface area contributed by atoms with Gasteiger partial charge in [0.1, 0.15) is 0 Å². The van der Waals surface area contributed by atoms with E-state index in [1.165, 1.54) is 0 Å². The van der Waals surface area contributed by atoms with Crippen molar-refractivity contribution in [3.8, 4) is 0 Å². The number of carboxylic acids is 1. The van der Waals surface area contributed by atoms with Crippen LogP contribution in [0.1, 0.15) is 46.5 Å². The van der Waals surface area contributed by atoms with Gasteiger partial charge in [-0.15, -0.1) is 0 Å². The second-order valence-electron chi connectivity index (χ2n) is 5.92. The molecule has 0 saturated carbocycles. The number of aliphatic hydroxyl groups is 1. The zero-order valence-electron chi connectivity index (χ0n) is 11.2. The van der Waals surface area contributed by atoms with Crippen LogP contribution in [0.15, 0.2) is 0 Å². The number of carbonyl (C=O) groups is 1. The van der Waals surface area contributed by atoms with Gasteiger partial charge in [0.05, 0.1) is 11.0 Å². The molecule has 4 heteroatoms. The Bertz CT molecular complexity index is 272. The van der Waals surface area contributed by atoms with Crippen LogP contribution in [0.3, 0.4) is 0 Å². The van der Waals surface area contributed by atoms with Crippen molar-refractivity contribution in [2.75, 3.05) is 19.6 Å². The molecular formula is C13H25NO3. The molecule has 1 fully saturated rings. The molecule has 0 bridgehead atoms. The Morgan fingerprint density at radius 2 is 2.12 bits per heavy atom. The zero-order valence-corrected chi connectivity index (χ0v) is 11.2. The van der Waals surface area contributed by atoms with Crippen molar-refractivity contribution in [2.45, 2.75) is 52.1 Å². The minimum Gasteiger partial charge on any atom is -0.481 e. The predicted octanol–water partition coefficient (Wildman–Crippen LogP) is 1.72. The highest BCUT2D eigenvalue weighted by Crippen LogP contribution is 2.35. The number of likely N-dealkylation sites (tertiary alicyclic amines) is 1. The largest absolute Gasteiger partial charge is 0.481 e. The van der Waals surface area contributed by atoms with Crippen molar-refractivity contribution >= 4 is 5.97 Å². The molecule has 0 amide bonds. The third-order valence-electron chi connectivity index (χ3n) is 3.65.